The Morgan fingerprint density at radius 3 is 2.47 bits per heavy atom. The molecule has 1 aromatic heterocycles. The zero-order valence-corrected chi connectivity index (χ0v) is 21.2. The average Bonchev–Trinajstić information content (AvgIpc) is 3.23. The van der Waals surface area contributed by atoms with Crippen LogP contribution in [0.3, 0.4) is 0 Å². The molecular weight excluding hydrogens is 448 g/mol. The third kappa shape index (κ3) is 8.20. The Hall–Kier alpha value is -2.81. The molecular formula is C26H34N4O3S. The number of amides is 2. The molecule has 8 heteroatoms. The van der Waals surface area contributed by atoms with Crippen LogP contribution in [0, 0.1) is 0 Å². The van der Waals surface area contributed by atoms with Crippen LogP contribution in [-0.4, -0.2) is 59.5 Å². The third-order valence-electron chi connectivity index (χ3n) is 5.14. The minimum absolute atomic E-state index is 0.115. The average molecular weight is 483 g/mol. The molecule has 0 fully saturated rings. The molecule has 0 bridgehead atoms. The molecule has 0 spiro atoms. The molecule has 0 aliphatic heterocycles. The van der Waals surface area contributed by atoms with Gasteiger partial charge in [0.2, 0.25) is 6.41 Å². The number of carbonyl (C=O) groups excluding carboxylic acids is 2. The quantitative estimate of drug-likeness (QED) is 0.308. The number of hydroxylamine groups is 2. The third-order valence-corrected chi connectivity index (χ3v) is 6.18. The van der Waals surface area contributed by atoms with E-state index >= 15 is 0 Å². The molecule has 3 aromatic rings. The van der Waals surface area contributed by atoms with Crippen molar-refractivity contribution in [3.63, 3.8) is 0 Å². The van der Waals surface area contributed by atoms with Gasteiger partial charge in [-0.3, -0.25) is 14.4 Å². The lowest BCUT2D eigenvalue weighted by atomic mass is 10.1. The summed E-state index contributed by atoms with van der Waals surface area (Å²) >= 11 is 1.42. The molecule has 0 aliphatic rings. The van der Waals surface area contributed by atoms with Crippen LogP contribution in [0.1, 0.15) is 48.1 Å². The van der Waals surface area contributed by atoms with Crippen molar-refractivity contribution in [3.05, 3.63) is 64.7 Å². The summed E-state index contributed by atoms with van der Waals surface area (Å²) in [5.41, 5.74) is 2.74. The predicted octanol–water partition coefficient (Wildman–Crippen LogP) is 4.28. The summed E-state index contributed by atoms with van der Waals surface area (Å²) in [7, 11) is 2.07. The number of likely N-dealkylation sites (N-methyl/N-ethyl adjacent to an activating group) is 1. The SMILES string of the molecule is CN(CCCc1ccc(CN(C=O)OC(C)(C)C)cc1)CCNC(=O)c1nc2ccccc2s1. The van der Waals surface area contributed by atoms with Gasteiger partial charge in [-0.2, -0.15) is 0 Å². The number of para-hydroxylation sites is 1. The summed E-state index contributed by atoms with van der Waals surface area (Å²) in [5.74, 6) is -0.115. The molecule has 2 amide bonds. The first-order chi connectivity index (χ1) is 16.2. The number of hydrogen-bond donors (Lipinski definition) is 1. The van der Waals surface area contributed by atoms with Crippen molar-refractivity contribution in [1.29, 1.82) is 0 Å². The van der Waals surface area contributed by atoms with Crippen molar-refractivity contribution in [2.75, 3.05) is 26.7 Å². The number of hydrogen-bond acceptors (Lipinski definition) is 6. The van der Waals surface area contributed by atoms with Crippen LogP contribution in [0.2, 0.25) is 0 Å². The van der Waals surface area contributed by atoms with Gasteiger partial charge < -0.3 is 10.2 Å². The van der Waals surface area contributed by atoms with Crippen molar-refractivity contribution in [1.82, 2.24) is 20.3 Å². The number of rotatable bonds is 12. The number of thiazole rings is 1. The summed E-state index contributed by atoms with van der Waals surface area (Å²) in [6.45, 7) is 8.49. The second-order valence-corrected chi connectivity index (χ2v) is 10.4. The van der Waals surface area contributed by atoms with Crippen LogP contribution in [0.25, 0.3) is 10.2 Å². The van der Waals surface area contributed by atoms with Gasteiger partial charge >= 0.3 is 0 Å². The lowest BCUT2D eigenvalue weighted by Gasteiger charge is -2.26. The van der Waals surface area contributed by atoms with Gasteiger partial charge in [-0.15, -0.1) is 11.3 Å². The van der Waals surface area contributed by atoms with Gasteiger partial charge in [-0.25, -0.2) is 10.0 Å². The molecule has 0 aliphatic carbocycles. The first-order valence-corrected chi connectivity index (χ1v) is 12.4. The smallest absolute Gasteiger partial charge is 0.280 e. The zero-order chi connectivity index (χ0) is 24.6. The van der Waals surface area contributed by atoms with Crippen LogP contribution in [-0.2, 0) is 22.6 Å². The Morgan fingerprint density at radius 1 is 1.09 bits per heavy atom. The van der Waals surface area contributed by atoms with E-state index in [1.807, 2.05) is 57.2 Å². The van der Waals surface area contributed by atoms with Gasteiger partial charge in [0.1, 0.15) is 0 Å². The van der Waals surface area contributed by atoms with Crippen molar-refractivity contribution in [2.24, 2.45) is 0 Å². The molecule has 0 unspecified atom stereocenters. The molecule has 7 nitrogen and oxygen atoms in total. The minimum atomic E-state index is -0.412. The lowest BCUT2D eigenvalue weighted by Crippen LogP contribution is -2.33. The Morgan fingerprint density at radius 2 is 1.79 bits per heavy atom. The van der Waals surface area contributed by atoms with Gasteiger partial charge in [0.15, 0.2) is 5.01 Å². The van der Waals surface area contributed by atoms with E-state index in [1.165, 1.54) is 22.0 Å². The Bertz CT molecular complexity index is 1040. The summed E-state index contributed by atoms with van der Waals surface area (Å²) in [4.78, 5) is 35.9. The fourth-order valence-corrected chi connectivity index (χ4v) is 4.39. The number of aryl methyl sites for hydroxylation is 1. The van der Waals surface area contributed by atoms with Crippen molar-refractivity contribution >= 4 is 33.9 Å². The number of benzene rings is 2. The molecule has 0 atom stereocenters. The molecule has 2 aromatic carbocycles. The molecule has 1 N–H and O–H groups in total. The van der Waals surface area contributed by atoms with Crippen LogP contribution in [0.5, 0.6) is 0 Å². The molecule has 34 heavy (non-hydrogen) atoms. The molecule has 0 saturated carbocycles. The summed E-state index contributed by atoms with van der Waals surface area (Å²) in [6, 6.07) is 16.1. The molecule has 0 radical (unpaired) electrons. The van der Waals surface area contributed by atoms with E-state index in [-0.39, 0.29) is 5.91 Å². The van der Waals surface area contributed by atoms with Crippen molar-refractivity contribution < 1.29 is 14.4 Å². The molecule has 0 saturated heterocycles. The lowest BCUT2D eigenvalue weighted by molar-refractivity contribution is -0.220. The number of nitrogens with zero attached hydrogens (tertiary/aromatic N) is 3. The van der Waals surface area contributed by atoms with Crippen LogP contribution in [0.4, 0.5) is 0 Å². The van der Waals surface area contributed by atoms with Gasteiger partial charge in [0.25, 0.3) is 5.91 Å². The number of carbonyl (C=O) groups is 2. The van der Waals surface area contributed by atoms with Crippen molar-refractivity contribution in [3.8, 4) is 0 Å². The summed E-state index contributed by atoms with van der Waals surface area (Å²) in [6.07, 6.45) is 2.71. The van der Waals surface area contributed by atoms with E-state index in [1.54, 1.807) is 0 Å². The standard InChI is InChI=1S/C26H34N4O3S/c1-26(2,3)33-30(19-31)18-21-13-11-20(12-14-21)8-7-16-29(4)17-15-27-24(32)25-28-22-9-5-6-10-23(22)34-25/h5-6,9-14,19H,7-8,15-18H2,1-4H3,(H,27,32). The van der Waals surface area contributed by atoms with E-state index in [4.69, 9.17) is 4.84 Å². The van der Waals surface area contributed by atoms with E-state index in [2.05, 4.69) is 34.4 Å². The number of aromatic nitrogens is 1. The highest BCUT2D eigenvalue weighted by Crippen LogP contribution is 2.21. The highest BCUT2D eigenvalue weighted by Gasteiger charge is 2.16. The fraction of sp³-hybridized carbons (Fsp3) is 0.423. The Balaban J connectivity index is 1.34. The van der Waals surface area contributed by atoms with E-state index in [0.717, 1.165) is 48.1 Å². The maximum atomic E-state index is 12.4. The van der Waals surface area contributed by atoms with Crippen LogP contribution in [0.15, 0.2) is 48.5 Å². The van der Waals surface area contributed by atoms with Gasteiger partial charge in [0.05, 0.1) is 22.4 Å². The largest absolute Gasteiger partial charge is 0.349 e. The molecule has 182 valence electrons. The first-order valence-electron chi connectivity index (χ1n) is 11.5. The monoisotopic (exact) mass is 482 g/mol. The topological polar surface area (TPSA) is 74.8 Å². The number of nitrogens with one attached hydrogen (secondary N) is 1. The van der Waals surface area contributed by atoms with E-state index in [0.29, 0.717) is 18.1 Å². The Labute approximate surface area is 205 Å². The summed E-state index contributed by atoms with van der Waals surface area (Å²) < 4.78 is 1.03. The molecule has 3 rings (SSSR count). The predicted molar refractivity (Wildman–Crippen MR) is 137 cm³/mol. The van der Waals surface area contributed by atoms with Gasteiger partial charge in [0, 0.05) is 13.1 Å². The van der Waals surface area contributed by atoms with Crippen molar-refractivity contribution in [2.45, 2.75) is 45.8 Å². The molecule has 1 heterocycles. The second kappa shape index (κ2) is 12.1. The van der Waals surface area contributed by atoms with Gasteiger partial charge in [-0.1, -0.05) is 36.4 Å². The maximum Gasteiger partial charge on any atom is 0.280 e. The zero-order valence-electron chi connectivity index (χ0n) is 20.4. The highest BCUT2D eigenvalue weighted by molar-refractivity contribution is 7.20. The highest BCUT2D eigenvalue weighted by atomic mass is 32.1. The van der Waals surface area contributed by atoms with E-state index in [9.17, 15) is 9.59 Å². The number of fused-ring (bicyclic) bond motifs is 1. The second-order valence-electron chi connectivity index (χ2n) is 9.35. The fourth-order valence-electron chi connectivity index (χ4n) is 3.50. The first kappa shape index (κ1) is 25.8. The Kier molecular flexibility index (Phi) is 9.15. The normalized spacial score (nSPS) is 11.7. The summed E-state index contributed by atoms with van der Waals surface area (Å²) in [5, 5.41) is 4.81. The maximum absolute atomic E-state index is 12.4. The minimum Gasteiger partial charge on any atom is -0.349 e. The van der Waals surface area contributed by atoms with Crippen LogP contribution >= 0.6 is 11.3 Å². The van der Waals surface area contributed by atoms with Crippen LogP contribution < -0.4 is 5.32 Å². The van der Waals surface area contributed by atoms with Gasteiger partial charge in [-0.05, 0) is 70.5 Å². The van der Waals surface area contributed by atoms with E-state index < -0.39 is 5.60 Å².